The van der Waals surface area contributed by atoms with Crippen LogP contribution in [0.25, 0.3) is 0 Å². The Hall–Kier alpha value is -2.62. The Balaban J connectivity index is 0.00000181. The number of hydrogen-bond donors (Lipinski definition) is 2. The average molecular weight is 467 g/mol. The van der Waals surface area contributed by atoms with E-state index in [0.29, 0.717) is 29.7 Å². The molecule has 2 aromatic carbocycles. The van der Waals surface area contributed by atoms with Crippen LogP contribution < -0.4 is 14.9 Å². The van der Waals surface area contributed by atoms with Crippen molar-refractivity contribution in [3.8, 4) is 0 Å². The second kappa shape index (κ2) is 8.63. The van der Waals surface area contributed by atoms with Crippen LogP contribution in [0, 0.1) is 0 Å². The maximum atomic E-state index is 12.4. The van der Waals surface area contributed by atoms with Crippen molar-refractivity contribution in [2.75, 3.05) is 22.7 Å². The molecule has 30 heavy (non-hydrogen) atoms. The zero-order valence-corrected chi connectivity index (χ0v) is 18.2. The van der Waals surface area contributed by atoms with Crippen molar-refractivity contribution in [1.29, 1.82) is 0 Å². The summed E-state index contributed by atoms with van der Waals surface area (Å²) in [5.74, 6) is -0.0309. The van der Waals surface area contributed by atoms with Crippen molar-refractivity contribution < 1.29 is 16.1 Å². The topological polar surface area (TPSA) is 91.4 Å². The molecule has 2 heterocycles. The van der Waals surface area contributed by atoms with E-state index in [-0.39, 0.29) is 19.7 Å². The highest BCUT2D eigenvalue weighted by atomic mass is 35.5. The summed E-state index contributed by atoms with van der Waals surface area (Å²) in [7, 11) is -3.66. The van der Waals surface area contributed by atoms with Crippen molar-refractivity contribution in [3.63, 3.8) is 0 Å². The van der Waals surface area contributed by atoms with Gasteiger partial charge >= 0.3 is 0 Å². The molecule has 0 spiro atoms. The fourth-order valence-corrected chi connectivity index (χ4v) is 5.05. The number of anilines is 2. The Morgan fingerprint density at radius 1 is 1.17 bits per heavy atom. The first-order valence-corrected chi connectivity index (χ1v) is 11.9. The van der Waals surface area contributed by atoms with Gasteiger partial charge in [-0.05, 0) is 42.0 Å². The summed E-state index contributed by atoms with van der Waals surface area (Å²) in [6.45, 7) is 1.35. The quantitative estimate of drug-likeness (QED) is 0.554. The van der Waals surface area contributed by atoms with Crippen molar-refractivity contribution in [1.82, 2.24) is 10.3 Å². The van der Waals surface area contributed by atoms with Crippen LogP contribution in [0.15, 0.2) is 65.0 Å². The average Bonchev–Trinajstić information content (AvgIpc) is 3.19. The first-order chi connectivity index (χ1) is 14.4. The van der Waals surface area contributed by atoms with Gasteiger partial charge in [0.25, 0.3) is 10.0 Å². The molecule has 1 aliphatic rings. The highest BCUT2D eigenvalue weighted by Gasteiger charge is 2.28. The number of hydrogen-bond acceptors (Lipinski definition) is 6. The smallest absolute Gasteiger partial charge is 0.263 e. The van der Waals surface area contributed by atoms with E-state index in [2.05, 4.69) is 19.9 Å². The standard InChI is InChI=1S/C20H19ClN4O3S2.2H2/c21-15-3-1-14(2-4-15)11-19(26)23-16-12-25(13-16)17-5-7-18(8-6-17)30(27,28)24-20-22-9-10-29-20;;/h1-10,16H,11-13H2,(H,22,24)(H,23,26);2*1H. The number of benzene rings is 2. The molecule has 7 nitrogen and oxygen atoms in total. The van der Waals surface area contributed by atoms with Crippen LogP contribution in [0.3, 0.4) is 0 Å². The number of sulfonamides is 1. The van der Waals surface area contributed by atoms with E-state index in [9.17, 15) is 13.2 Å². The molecule has 1 aromatic heterocycles. The Morgan fingerprint density at radius 3 is 2.50 bits per heavy atom. The molecule has 1 amide bonds. The molecular formula is C20H23ClN4O3S2. The third-order valence-corrected chi connectivity index (χ3v) is 7.12. The van der Waals surface area contributed by atoms with E-state index < -0.39 is 10.0 Å². The molecule has 0 radical (unpaired) electrons. The molecule has 2 N–H and O–H groups in total. The summed E-state index contributed by atoms with van der Waals surface area (Å²) < 4.78 is 27.2. The molecule has 0 bridgehead atoms. The van der Waals surface area contributed by atoms with E-state index in [1.807, 2.05) is 12.1 Å². The highest BCUT2D eigenvalue weighted by Crippen LogP contribution is 2.24. The van der Waals surface area contributed by atoms with Crippen molar-refractivity contribution in [3.05, 3.63) is 70.7 Å². The minimum Gasteiger partial charge on any atom is -0.367 e. The number of carbonyl (C=O) groups is 1. The zero-order valence-electron chi connectivity index (χ0n) is 15.8. The lowest BCUT2D eigenvalue weighted by Crippen LogP contribution is -2.59. The highest BCUT2D eigenvalue weighted by molar-refractivity contribution is 7.93. The molecule has 0 atom stereocenters. The second-order valence-electron chi connectivity index (χ2n) is 6.91. The molecule has 0 saturated carbocycles. The number of carbonyl (C=O) groups excluding carboxylic acids is 1. The lowest BCUT2D eigenvalue weighted by Gasteiger charge is -2.41. The van der Waals surface area contributed by atoms with Crippen LogP contribution >= 0.6 is 22.9 Å². The number of amides is 1. The third kappa shape index (κ3) is 4.92. The van der Waals surface area contributed by atoms with E-state index in [0.717, 1.165) is 11.3 Å². The normalized spacial score (nSPS) is 14.2. The minimum absolute atomic E-state index is 0. The molecule has 3 aromatic rings. The fourth-order valence-electron chi connectivity index (χ4n) is 3.13. The third-order valence-electron chi connectivity index (χ3n) is 4.69. The Labute approximate surface area is 186 Å². The Morgan fingerprint density at radius 2 is 1.87 bits per heavy atom. The number of nitrogens with one attached hydrogen (secondary N) is 2. The number of rotatable bonds is 7. The van der Waals surface area contributed by atoms with E-state index in [1.54, 1.807) is 48.0 Å². The molecule has 0 unspecified atom stereocenters. The second-order valence-corrected chi connectivity index (χ2v) is 9.92. The van der Waals surface area contributed by atoms with Gasteiger partial charge in [-0.2, -0.15) is 0 Å². The van der Waals surface area contributed by atoms with Gasteiger partial charge in [0.15, 0.2) is 5.13 Å². The summed E-state index contributed by atoms with van der Waals surface area (Å²) in [5, 5.41) is 5.70. The molecule has 1 aliphatic heterocycles. The van der Waals surface area contributed by atoms with Gasteiger partial charge in [0.2, 0.25) is 5.91 Å². The van der Waals surface area contributed by atoms with Gasteiger partial charge in [-0.1, -0.05) is 23.7 Å². The van der Waals surface area contributed by atoms with Crippen molar-refractivity contribution in [2.45, 2.75) is 17.4 Å². The fraction of sp³-hybridized carbons (Fsp3) is 0.200. The minimum atomic E-state index is -3.66. The largest absolute Gasteiger partial charge is 0.367 e. The summed E-state index contributed by atoms with van der Waals surface area (Å²) in [6, 6.07) is 14.0. The summed E-state index contributed by atoms with van der Waals surface area (Å²) >= 11 is 7.08. The van der Waals surface area contributed by atoms with Crippen LogP contribution in [0.5, 0.6) is 0 Å². The summed E-state index contributed by atoms with van der Waals surface area (Å²) in [4.78, 5) is 18.4. The zero-order chi connectivity index (χ0) is 21.1. The predicted molar refractivity (Wildman–Crippen MR) is 123 cm³/mol. The predicted octanol–water partition coefficient (Wildman–Crippen LogP) is 3.64. The molecule has 4 rings (SSSR count). The van der Waals surface area contributed by atoms with Crippen molar-refractivity contribution >= 4 is 49.7 Å². The molecule has 0 aliphatic carbocycles. The summed E-state index contributed by atoms with van der Waals surface area (Å²) in [6.07, 6.45) is 1.85. The monoisotopic (exact) mass is 466 g/mol. The first-order valence-electron chi connectivity index (χ1n) is 9.20. The molecule has 10 heteroatoms. The van der Waals surface area contributed by atoms with E-state index in [1.165, 1.54) is 11.3 Å². The maximum Gasteiger partial charge on any atom is 0.263 e. The van der Waals surface area contributed by atoms with Gasteiger partial charge in [0, 0.05) is 38.2 Å². The lowest BCUT2D eigenvalue weighted by atomic mass is 10.1. The molecule has 160 valence electrons. The van der Waals surface area contributed by atoms with Crippen LogP contribution in [-0.4, -0.2) is 38.4 Å². The lowest BCUT2D eigenvalue weighted by molar-refractivity contribution is -0.121. The number of aromatic nitrogens is 1. The van der Waals surface area contributed by atoms with Gasteiger partial charge in [-0.25, -0.2) is 13.4 Å². The first kappa shape index (κ1) is 20.6. The molecular weight excluding hydrogens is 444 g/mol. The van der Waals surface area contributed by atoms with Crippen LogP contribution in [0.2, 0.25) is 5.02 Å². The van der Waals surface area contributed by atoms with Gasteiger partial charge in [0.05, 0.1) is 17.4 Å². The number of nitrogens with zero attached hydrogens (tertiary/aromatic N) is 2. The molecule has 1 saturated heterocycles. The van der Waals surface area contributed by atoms with E-state index >= 15 is 0 Å². The van der Waals surface area contributed by atoms with Gasteiger partial charge in [0.1, 0.15) is 0 Å². The van der Waals surface area contributed by atoms with Crippen LogP contribution in [-0.2, 0) is 21.2 Å². The SMILES string of the molecule is O=C(Cc1ccc(Cl)cc1)NC1CN(c2ccc(S(=O)(=O)Nc3nccs3)cc2)C1.[HH].[HH]. The van der Waals surface area contributed by atoms with Crippen molar-refractivity contribution in [2.24, 2.45) is 0 Å². The Kier molecular flexibility index (Phi) is 5.94. The maximum absolute atomic E-state index is 12.4. The molecule has 1 fully saturated rings. The van der Waals surface area contributed by atoms with E-state index in [4.69, 9.17) is 11.6 Å². The van der Waals surface area contributed by atoms with Gasteiger partial charge in [-0.15, -0.1) is 11.3 Å². The van der Waals surface area contributed by atoms with Crippen LogP contribution in [0.4, 0.5) is 10.8 Å². The van der Waals surface area contributed by atoms with Gasteiger partial charge < -0.3 is 10.2 Å². The Bertz CT molecular complexity index is 1120. The van der Waals surface area contributed by atoms with Gasteiger partial charge in [-0.3, -0.25) is 9.52 Å². The van der Waals surface area contributed by atoms with Crippen LogP contribution in [0.1, 0.15) is 8.42 Å². The number of thiazole rings is 1. The summed E-state index contributed by atoms with van der Waals surface area (Å²) in [5.41, 5.74) is 1.82. The number of halogens is 1.